The minimum Gasteiger partial charge on any atom is -0.464 e. The van der Waals surface area contributed by atoms with E-state index in [4.69, 9.17) is 0 Å². The average Bonchev–Trinajstić information content (AvgIpc) is 2.99. The van der Waals surface area contributed by atoms with Crippen LogP contribution in [-0.2, 0) is 17.8 Å². The molecule has 0 saturated heterocycles. The molecule has 0 saturated carbocycles. The van der Waals surface area contributed by atoms with Crippen molar-refractivity contribution in [2.24, 2.45) is 0 Å². The quantitative estimate of drug-likeness (QED) is 0.779. The number of aromatic amines is 2. The molecule has 2 N–H and O–H groups in total. The predicted molar refractivity (Wildman–Crippen MR) is 65.9 cm³/mol. The Labute approximate surface area is 105 Å². The molecule has 2 heterocycles. The molecule has 0 aliphatic heterocycles. The van der Waals surface area contributed by atoms with Crippen LogP contribution in [-0.4, -0.2) is 40.2 Å². The third-order valence-electron chi connectivity index (χ3n) is 2.61. The number of methoxy groups -OCH3 is 1. The van der Waals surface area contributed by atoms with Gasteiger partial charge in [-0.25, -0.2) is 4.79 Å². The first-order valence-corrected chi connectivity index (χ1v) is 5.61. The van der Waals surface area contributed by atoms with E-state index in [0.717, 1.165) is 24.2 Å². The van der Waals surface area contributed by atoms with Gasteiger partial charge in [-0.3, -0.25) is 10.00 Å². The highest BCUT2D eigenvalue weighted by Crippen LogP contribution is 2.09. The van der Waals surface area contributed by atoms with Crippen molar-refractivity contribution in [2.75, 3.05) is 14.2 Å². The van der Waals surface area contributed by atoms with Gasteiger partial charge in [0.25, 0.3) is 0 Å². The molecule has 0 fully saturated rings. The number of nitrogens with one attached hydrogen (secondary N) is 2. The number of nitrogens with zero attached hydrogens (tertiary/aromatic N) is 2. The maximum Gasteiger partial charge on any atom is 0.354 e. The molecule has 0 aromatic carbocycles. The fourth-order valence-corrected chi connectivity index (χ4v) is 1.80. The molecule has 2 aromatic rings. The van der Waals surface area contributed by atoms with Crippen molar-refractivity contribution in [1.29, 1.82) is 0 Å². The van der Waals surface area contributed by atoms with Gasteiger partial charge >= 0.3 is 5.97 Å². The monoisotopic (exact) mass is 248 g/mol. The molecule has 6 heteroatoms. The van der Waals surface area contributed by atoms with E-state index in [2.05, 4.69) is 24.8 Å². The van der Waals surface area contributed by atoms with Crippen LogP contribution in [0.5, 0.6) is 0 Å². The molecule has 0 aliphatic rings. The van der Waals surface area contributed by atoms with E-state index >= 15 is 0 Å². The zero-order valence-electron chi connectivity index (χ0n) is 10.4. The fourth-order valence-electron chi connectivity index (χ4n) is 1.80. The molecule has 0 unspecified atom stereocenters. The number of esters is 1. The fraction of sp³-hybridized carbons (Fsp3) is 0.333. The van der Waals surface area contributed by atoms with Gasteiger partial charge in [0.1, 0.15) is 5.69 Å². The van der Waals surface area contributed by atoms with Gasteiger partial charge in [-0.1, -0.05) is 0 Å². The molecule has 0 radical (unpaired) electrons. The number of hydrogen-bond donors (Lipinski definition) is 2. The topological polar surface area (TPSA) is 74.0 Å². The van der Waals surface area contributed by atoms with Gasteiger partial charge in [-0.15, -0.1) is 0 Å². The summed E-state index contributed by atoms with van der Waals surface area (Å²) in [6.07, 6.45) is 5.49. The maximum absolute atomic E-state index is 11.3. The third kappa shape index (κ3) is 2.98. The number of carbonyl (C=O) groups excluding carboxylic acids is 1. The zero-order valence-corrected chi connectivity index (χ0v) is 10.4. The van der Waals surface area contributed by atoms with Crippen molar-refractivity contribution < 1.29 is 9.53 Å². The van der Waals surface area contributed by atoms with Crippen LogP contribution in [0.1, 0.15) is 21.6 Å². The van der Waals surface area contributed by atoms with Crippen molar-refractivity contribution in [3.8, 4) is 0 Å². The van der Waals surface area contributed by atoms with E-state index in [0.29, 0.717) is 5.69 Å². The molecule has 2 rings (SSSR count). The summed E-state index contributed by atoms with van der Waals surface area (Å²) in [5, 5.41) is 6.68. The third-order valence-corrected chi connectivity index (χ3v) is 2.61. The Hall–Kier alpha value is -2.08. The first-order chi connectivity index (χ1) is 8.69. The van der Waals surface area contributed by atoms with Gasteiger partial charge in [0, 0.05) is 31.0 Å². The summed E-state index contributed by atoms with van der Waals surface area (Å²) in [4.78, 5) is 16.3. The van der Waals surface area contributed by atoms with E-state index in [9.17, 15) is 4.79 Å². The average molecular weight is 248 g/mol. The number of carbonyl (C=O) groups is 1. The second-order valence-electron chi connectivity index (χ2n) is 4.19. The van der Waals surface area contributed by atoms with Crippen molar-refractivity contribution in [3.63, 3.8) is 0 Å². The normalized spacial score (nSPS) is 10.8. The van der Waals surface area contributed by atoms with Crippen molar-refractivity contribution in [3.05, 3.63) is 41.5 Å². The Bertz CT molecular complexity index is 504. The summed E-state index contributed by atoms with van der Waals surface area (Å²) in [7, 11) is 3.38. The lowest BCUT2D eigenvalue weighted by Gasteiger charge is -2.14. The lowest BCUT2D eigenvalue weighted by atomic mass is 10.2. The van der Waals surface area contributed by atoms with E-state index in [1.54, 1.807) is 12.3 Å². The maximum atomic E-state index is 11.3. The van der Waals surface area contributed by atoms with E-state index in [-0.39, 0.29) is 5.97 Å². The summed E-state index contributed by atoms with van der Waals surface area (Å²) < 4.78 is 4.64. The van der Waals surface area contributed by atoms with E-state index in [1.165, 1.54) is 7.11 Å². The standard InChI is InChI=1S/C12H16N4O2/c1-16(8-10-5-14-15-6-10)7-9-3-11(13-4-9)12(17)18-2/h3-6,13H,7-8H2,1-2H3,(H,14,15). The predicted octanol–water partition coefficient (Wildman–Crippen LogP) is 1.16. The highest BCUT2D eigenvalue weighted by atomic mass is 16.5. The second-order valence-corrected chi connectivity index (χ2v) is 4.19. The highest BCUT2D eigenvalue weighted by Gasteiger charge is 2.09. The lowest BCUT2D eigenvalue weighted by molar-refractivity contribution is 0.0595. The molecule has 2 aromatic heterocycles. The first kappa shape index (κ1) is 12.4. The number of ether oxygens (including phenoxy) is 1. The zero-order chi connectivity index (χ0) is 13.0. The lowest BCUT2D eigenvalue weighted by Crippen LogP contribution is -2.16. The summed E-state index contributed by atoms with van der Waals surface area (Å²) in [6, 6.07) is 1.80. The Balaban J connectivity index is 1.92. The SMILES string of the molecule is COC(=O)c1cc(CN(C)Cc2cn[nH]c2)c[nH]1. The minimum atomic E-state index is -0.348. The van der Waals surface area contributed by atoms with E-state index in [1.807, 2.05) is 19.4 Å². The van der Waals surface area contributed by atoms with Crippen LogP contribution in [0.15, 0.2) is 24.7 Å². The van der Waals surface area contributed by atoms with Crippen molar-refractivity contribution >= 4 is 5.97 Å². The summed E-state index contributed by atoms with van der Waals surface area (Å²) in [5.74, 6) is -0.348. The number of hydrogen-bond acceptors (Lipinski definition) is 4. The van der Waals surface area contributed by atoms with Crippen LogP contribution < -0.4 is 0 Å². The molecular weight excluding hydrogens is 232 g/mol. The van der Waals surface area contributed by atoms with Crippen LogP contribution in [0.4, 0.5) is 0 Å². The number of rotatable bonds is 5. The first-order valence-electron chi connectivity index (χ1n) is 5.61. The molecule has 0 bridgehead atoms. The largest absolute Gasteiger partial charge is 0.464 e. The van der Waals surface area contributed by atoms with Gasteiger partial charge in [-0.05, 0) is 18.7 Å². The molecule has 6 nitrogen and oxygen atoms in total. The smallest absolute Gasteiger partial charge is 0.354 e. The van der Waals surface area contributed by atoms with Crippen LogP contribution in [0, 0.1) is 0 Å². The van der Waals surface area contributed by atoms with Crippen molar-refractivity contribution in [2.45, 2.75) is 13.1 Å². The molecule has 18 heavy (non-hydrogen) atoms. The Kier molecular flexibility index (Phi) is 3.78. The van der Waals surface area contributed by atoms with Gasteiger partial charge < -0.3 is 9.72 Å². The van der Waals surface area contributed by atoms with Crippen LogP contribution in [0.3, 0.4) is 0 Å². The van der Waals surface area contributed by atoms with Crippen LogP contribution in [0.2, 0.25) is 0 Å². The van der Waals surface area contributed by atoms with Crippen molar-refractivity contribution in [1.82, 2.24) is 20.1 Å². The molecule has 96 valence electrons. The molecule has 0 amide bonds. The Morgan fingerprint density at radius 2 is 2.17 bits per heavy atom. The summed E-state index contributed by atoms with van der Waals surface area (Å²) in [5.41, 5.74) is 2.65. The van der Waals surface area contributed by atoms with Gasteiger partial charge in [0.15, 0.2) is 0 Å². The van der Waals surface area contributed by atoms with E-state index < -0.39 is 0 Å². The molecule has 0 spiro atoms. The summed E-state index contributed by atoms with van der Waals surface area (Å²) in [6.45, 7) is 1.55. The van der Waals surface area contributed by atoms with Crippen LogP contribution in [0.25, 0.3) is 0 Å². The number of aromatic nitrogens is 3. The summed E-state index contributed by atoms with van der Waals surface area (Å²) >= 11 is 0. The molecule has 0 aliphatic carbocycles. The number of H-pyrrole nitrogens is 2. The van der Waals surface area contributed by atoms with Gasteiger partial charge in [0.05, 0.1) is 13.3 Å². The highest BCUT2D eigenvalue weighted by molar-refractivity contribution is 5.87. The van der Waals surface area contributed by atoms with Gasteiger partial charge in [-0.2, -0.15) is 5.10 Å². The second kappa shape index (κ2) is 5.50. The van der Waals surface area contributed by atoms with Gasteiger partial charge in [0.2, 0.25) is 0 Å². The molecule has 0 atom stereocenters. The molecular formula is C12H16N4O2. The minimum absolute atomic E-state index is 0.348. The van der Waals surface area contributed by atoms with Crippen LogP contribution >= 0.6 is 0 Å². The Morgan fingerprint density at radius 3 is 2.83 bits per heavy atom. The Morgan fingerprint density at radius 1 is 1.39 bits per heavy atom.